The van der Waals surface area contributed by atoms with Crippen molar-refractivity contribution in [3.05, 3.63) is 151 Å². The van der Waals surface area contributed by atoms with Crippen molar-refractivity contribution in [3.63, 3.8) is 0 Å². The van der Waals surface area contributed by atoms with Crippen LogP contribution in [0.2, 0.25) is 10.1 Å². The van der Waals surface area contributed by atoms with E-state index in [4.69, 9.17) is 49.9 Å². The minimum absolute atomic E-state index is 0.0831. The summed E-state index contributed by atoms with van der Waals surface area (Å²) in [6, 6.07) is 41.4. The second kappa shape index (κ2) is 22.4. The van der Waals surface area contributed by atoms with Gasteiger partial charge in [0.15, 0.2) is 22.6 Å². The van der Waals surface area contributed by atoms with Crippen molar-refractivity contribution >= 4 is 90.0 Å². The van der Waals surface area contributed by atoms with Gasteiger partial charge in [-0.15, -0.1) is 0 Å². The summed E-state index contributed by atoms with van der Waals surface area (Å²) >= 11 is 6.00. The molecular weight excluding hydrogens is 1060 g/mol. The minimum Gasteiger partial charge on any atom is -0.405 e. The van der Waals surface area contributed by atoms with Crippen LogP contribution in [0.4, 0.5) is 11.8 Å². The number of hydrogen-bond donors (Lipinski definition) is 4. The summed E-state index contributed by atoms with van der Waals surface area (Å²) in [6.45, 7) is 13.7. The molecule has 7 atom stereocenters. The number of ether oxygens (including phenoxy) is 2. The molecule has 10 rings (SSSR count). The first-order chi connectivity index (χ1) is 37.3. The Morgan fingerprint density at radius 2 is 1.21 bits per heavy atom. The fourth-order valence-electron chi connectivity index (χ4n) is 11.1. The van der Waals surface area contributed by atoms with E-state index in [-0.39, 0.29) is 41.6 Å². The average molecular weight is 1130 g/mol. The van der Waals surface area contributed by atoms with Crippen molar-refractivity contribution in [2.75, 3.05) is 30.8 Å². The third-order valence-electron chi connectivity index (χ3n) is 14.8. The molecule has 0 radical (unpaired) electrons. The van der Waals surface area contributed by atoms with Crippen molar-refractivity contribution < 1.29 is 32.3 Å². The SMILES string of the molecule is CC(C)CNc1nc2c(ncn2[C@H]2C[C@H](O[Si](c3ccccc3)(c3ccccc3)C(C)(C)C)[C@@H](COP(O)(=S)O[C@H]3C[C@H](n4cnc5c(N)ncnc54)O[C@@H]3CO[Si](c3ccccc3)(c3ccccc3)C(C)(C)C)O2)c(=O)[nH]1. The number of aromatic nitrogens is 8. The highest BCUT2D eigenvalue weighted by atomic mass is 32.5. The molecule has 0 bridgehead atoms. The largest absolute Gasteiger partial charge is 0.405 e. The zero-order valence-corrected chi connectivity index (χ0v) is 48.9. The van der Waals surface area contributed by atoms with Gasteiger partial charge in [0.05, 0.1) is 38.1 Å². The molecule has 8 aromatic rings. The summed E-state index contributed by atoms with van der Waals surface area (Å²) in [6.07, 6.45) is 0.695. The van der Waals surface area contributed by atoms with Gasteiger partial charge in [0.1, 0.15) is 36.5 Å². The molecule has 22 heteroatoms. The maximum Gasteiger partial charge on any atom is 0.324 e. The van der Waals surface area contributed by atoms with Crippen molar-refractivity contribution in [1.82, 2.24) is 39.0 Å². The van der Waals surface area contributed by atoms with Crippen LogP contribution >= 0.6 is 6.72 Å². The van der Waals surface area contributed by atoms with Crippen molar-refractivity contribution in [1.29, 1.82) is 0 Å². The number of fused-ring (bicyclic) bond motifs is 2. The van der Waals surface area contributed by atoms with Crippen LogP contribution in [0.1, 0.15) is 80.7 Å². The van der Waals surface area contributed by atoms with Gasteiger partial charge < -0.3 is 43.3 Å². The summed E-state index contributed by atoms with van der Waals surface area (Å²) in [5.74, 6) is 0.858. The van der Waals surface area contributed by atoms with Gasteiger partial charge in [-0.25, -0.2) is 19.9 Å². The maximum atomic E-state index is 13.4. The number of rotatable bonds is 19. The summed E-state index contributed by atoms with van der Waals surface area (Å²) in [4.78, 5) is 51.2. The Morgan fingerprint density at radius 1 is 0.718 bits per heavy atom. The van der Waals surface area contributed by atoms with E-state index in [1.54, 1.807) is 21.8 Å². The van der Waals surface area contributed by atoms with Gasteiger partial charge >= 0.3 is 6.72 Å². The topological polar surface area (TPSA) is 221 Å². The van der Waals surface area contributed by atoms with Gasteiger partial charge in [-0.2, -0.15) is 4.98 Å². The molecule has 4 aromatic heterocycles. The van der Waals surface area contributed by atoms with Crippen LogP contribution < -0.4 is 37.4 Å². The first kappa shape index (κ1) is 55.5. The van der Waals surface area contributed by atoms with Crippen LogP contribution in [0.3, 0.4) is 0 Å². The van der Waals surface area contributed by atoms with Gasteiger partial charge in [0.25, 0.3) is 22.2 Å². The normalized spacial score (nSPS) is 21.2. The second-order valence-corrected chi connectivity index (χ2v) is 33.9. The Kier molecular flexibility index (Phi) is 15.9. The highest BCUT2D eigenvalue weighted by Crippen LogP contribution is 2.51. The number of nitrogen functional groups attached to an aromatic ring is 1. The molecule has 18 nitrogen and oxygen atoms in total. The van der Waals surface area contributed by atoms with E-state index in [0.29, 0.717) is 41.6 Å². The quantitative estimate of drug-likeness (QED) is 0.0460. The van der Waals surface area contributed by atoms with Crippen LogP contribution in [-0.4, -0.2) is 105 Å². The van der Waals surface area contributed by atoms with E-state index in [1.807, 2.05) is 72.8 Å². The zero-order chi connectivity index (χ0) is 55.0. The summed E-state index contributed by atoms with van der Waals surface area (Å²) < 4.78 is 45.8. The van der Waals surface area contributed by atoms with E-state index in [0.717, 1.165) is 20.7 Å². The van der Waals surface area contributed by atoms with Crippen LogP contribution in [0, 0.1) is 5.92 Å². The molecule has 410 valence electrons. The number of anilines is 2. The second-order valence-electron chi connectivity index (χ2n) is 22.5. The lowest BCUT2D eigenvalue weighted by Gasteiger charge is -2.45. The fraction of sp³-hybridized carbons (Fsp3) is 0.393. The lowest BCUT2D eigenvalue weighted by atomic mass is 10.2. The van der Waals surface area contributed by atoms with Gasteiger partial charge in [0.2, 0.25) is 5.95 Å². The molecule has 2 fully saturated rings. The van der Waals surface area contributed by atoms with E-state index in [9.17, 15) is 9.69 Å². The molecule has 4 aromatic carbocycles. The fourth-order valence-corrected chi connectivity index (χ4v) is 21.9. The van der Waals surface area contributed by atoms with Crippen LogP contribution in [-0.2, 0) is 39.2 Å². The van der Waals surface area contributed by atoms with E-state index in [1.165, 1.54) is 6.33 Å². The van der Waals surface area contributed by atoms with Gasteiger partial charge in [0, 0.05) is 19.4 Å². The molecule has 0 saturated carbocycles. The van der Waals surface area contributed by atoms with Crippen LogP contribution in [0.15, 0.2) is 145 Å². The van der Waals surface area contributed by atoms with Crippen LogP contribution in [0.5, 0.6) is 0 Å². The molecule has 6 heterocycles. The van der Waals surface area contributed by atoms with E-state index < -0.39 is 65.3 Å². The van der Waals surface area contributed by atoms with Crippen LogP contribution in [0.25, 0.3) is 22.3 Å². The highest BCUT2D eigenvalue weighted by molar-refractivity contribution is 8.07. The van der Waals surface area contributed by atoms with Gasteiger partial charge in [-0.05, 0) is 48.5 Å². The zero-order valence-electron chi connectivity index (χ0n) is 45.2. The monoisotopic (exact) mass is 1130 g/mol. The highest BCUT2D eigenvalue weighted by Gasteiger charge is 2.55. The standard InChI is InChI=1S/C56H69N10O8PSSi2/c1-37(2)31-58-54-63-52-49(53(67)64-54)62-36-66(52)47-30-43(74-78(56(6,7)8,40-25-17-11-18-26-40)41-27-19-12-20-28-41)44(71-47)32-69-75(68,76)73-42-29-46(65-35-61-48-50(57)59-34-60-51(48)65)72-45(42)33-70-77(55(3,4)5,38-21-13-9-14-22-38)39-23-15-10-16-24-39/h9-28,34-37,42-47H,29-33H2,1-8H3,(H,68,76)(H2,57,59,60)(H2,58,63,64,67)/t42-,43-,44+,45+,46+,47+,75?/m0/s1. The molecule has 0 amide bonds. The molecule has 0 spiro atoms. The Labute approximate surface area is 461 Å². The lowest BCUT2D eigenvalue weighted by Crippen LogP contribution is -2.68. The third kappa shape index (κ3) is 10.9. The molecule has 2 aliphatic heterocycles. The predicted octanol–water partition coefficient (Wildman–Crippen LogP) is 7.33. The smallest absolute Gasteiger partial charge is 0.324 e. The Balaban J connectivity index is 0.987. The third-order valence-corrected chi connectivity index (χ3v) is 26.4. The number of hydrogen-bond acceptors (Lipinski definition) is 15. The molecule has 1 unspecified atom stereocenters. The van der Waals surface area contributed by atoms with Crippen molar-refractivity contribution in [2.45, 2.75) is 115 Å². The van der Waals surface area contributed by atoms with E-state index >= 15 is 0 Å². The first-order valence-electron chi connectivity index (χ1n) is 26.4. The summed E-state index contributed by atoms with van der Waals surface area (Å²) in [7, 11) is -6.32. The molecule has 5 N–H and O–H groups in total. The predicted molar refractivity (Wildman–Crippen MR) is 312 cm³/mol. The number of imidazole rings is 2. The minimum atomic E-state index is -4.15. The first-order valence-corrected chi connectivity index (χ1v) is 32.8. The molecule has 78 heavy (non-hydrogen) atoms. The molecule has 2 aliphatic rings. The Bertz CT molecular complexity index is 3360. The Hall–Kier alpha value is -5.82. The Morgan fingerprint density at radius 3 is 1.73 bits per heavy atom. The lowest BCUT2D eigenvalue weighted by molar-refractivity contribution is -0.0478. The summed E-state index contributed by atoms with van der Waals surface area (Å²) in [5, 5.41) is 6.84. The average Bonchev–Trinajstić information content (AvgIpc) is 4.24. The number of H-pyrrole nitrogens is 1. The number of benzene rings is 4. The molecule has 2 saturated heterocycles. The van der Waals surface area contributed by atoms with Gasteiger partial charge in [-0.1, -0.05) is 177 Å². The van der Waals surface area contributed by atoms with E-state index in [2.05, 4.69) is 134 Å². The number of nitrogens with two attached hydrogens (primary N) is 1. The molecular formula is C56H69N10O8PSSi2. The number of nitrogens with zero attached hydrogens (tertiary/aromatic N) is 7. The van der Waals surface area contributed by atoms with Crippen molar-refractivity contribution in [2.24, 2.45) is 5.92 Å². The number of nitrogens with one attached hydrogen (secondary N) is 2. The van der Waals surface area contributed by atoms with Gasteiger partial charge in [-0.3, -0.25) is 18.9 Å². The summed E-state index contributed by atoms with van der Waals surface area (Å²) in [5.41, 5.74) is 7.29. The number of aromatic amines is 1. The molecule has 0 aliphatic carbocycles. The van der Waals surface area contributed by atoms with Crippen molar-refractivity contribution in [3.8, 4) is 0 Å². The maximum absolute atomic E-state index is 13.4.